The summed E-state index contributed by atoms with van der Waals surface area (Å²) in [6, 6.07) is 4.24. The first-order chi connectivity index (χ1) is 8.90. The SMILES string of the molecule is CN(C)C(=N)SCc1ccc(CSC(=N)N(C)C)s1. The summed E-state index contributed by atoms with van der Waals surface area (Å²) in [6.45, 7) is 0. The summed E-state index contributed by atoms with van der Waals surface area (Å²) < 4.78 is 0. The maximum atomic E-state index is 7.74. The van der Waals surface area contributed by atoms with Crippen LogP contribution >= 0.6 is 34.9 Å². The largest absolute Gasteiger partial charge is 0.358 e. The molecule has 4 nitrogen and oxygen atoms in total. The number of rotatable bonds is 4. The molecular weight excluding hydrogens is 296 g/mol. The Morgan fingerprint density at radius 1 is 0.947 bits per heavy atom. The third kappa shape index (κ3) is 5.88. The molecule has 7 heteroatoms. The van der Waals surface area contributed by atoms with E-state index in [-0.39, 0.29) is 0 Å². The lowest BCUT2D eigenvalue weighted by Gasteiger charge is -2.12. The van der Waals surface area contributed by atoms with Crippen LogP contribution in [0.3, 0.4) is 0 Å². The molecule has 0 aliphatic carbocycles. The van der Waals surface area contributed by atoms with Crippen molar-refractivity contribution < 1.29 is 0 Å². The second-order valence-corrected chi connectivity index (χ2v) is 7.53. The first-order valence-electron chi connectivity index (χ1n) is 5.75. The summed E-state index contributed by atoms with van der Waals surface area (Å²) in [5, 5.41) is 16.6. The van der Waals surface area contributed by atoms with Gasteiger partial charge in [-0.1, -0.05) is 23.5 Å². The number of thiophene rings is 1. The third-order valence-corrected chi connectivity index (χ3v) is 5.87. The van der Waals surface area contributed by atoms with Crippen LogP contribution in [0.4, 0.5) is 0 Å². The van der Waals surface area contributed by atoms with E-state index in [1.807, 2.05) is 38.0 Å². The molecule has 1 aromatic rings. The molecule has 0 aliphatic heterocycles. The molecule has 1 rings (SSSR count). The average Bonchev–Trinajstić information content (AvgIpc) is 2.80. The number of hydrogen-bond donors (Lipinski definition) is 2. The summed E-state index contributed by atoms with van der Waals surface area (Å²) in [4.78, 5) is 6.19. The van der Waals surface area contributed by atoms with Gasteiger partial charge in [0.2, 0.25) is 0 Å². The average molecular weight is 317 g/mol. The zero-order chi connectivity index (χ0) is 14.4. The molecule has 0 saturated carbocycles. The van der Waals surface area contributed by atoms with Crippen molar-refractivity contribution in [2.45, 2.75) is 11.5 Å². The van der Waals surface area contributed by atoms with E-state index in [1.54, 1.807) is 34.9 Å². The quantitative estimate of drug-likeness (QED) is 0.661. The molecule has 1 aromatic heterocycles. The highest BCUT2D eigenvalue weighted by Crippen LogP contribution is 2.26. The van der Waals surface area contributed by atoms with Gasteiger partial charge >= 0.3 is 0 Å². The molecule has 0 spiro atoms. The topological polar surface area (TPSA) is 54.2 Å². The van der Waals surface area contributed by atoms with Crippen LogP contribution in [0.5, 0.6) is 0 Å². The van der Waals surface area contributed by atoms with Crippen LogP contribution in [0.15, 0.2) is 12.1 Å². The van der Waals surface area contributed by atoms with E-state index in [1.165, 1.54) is 9.75 Å². The summed E-state index contributed by atoms with van der Waals surface area (Å²) in [7, 11) is 7.55. The zero-order valence-corrected chi connectivity index (χ0v) is 14.1. The highest BCUT2D eigenvalue weighted by atomic mass is 32.2. The second-order valence-electron chi connectivity index (χ2n) is 4.34. The van der Waals surface area contributed by atoms with Crippen LogP contribution in [0, 0.1) is 10.8 Å². The molecule has 19 heavy (non-hydrogen) atoms. The minimum absolute atomic E-state index is 0.582. The fourth-order valence-corrected chi connectivity index (χ4v) is 3.82. The molecule has 0 aliphatic rings. The van der Waals surface area contributed by atoms with E-state index in [0.717, 1.165) is 11.5 Å². The van der Waals surface area contributed by atoms with Gasteiger partial charge in [0.05, 0.1) is 0 Å². The Labute approximate surface area is 127 Å². The van der Waals surface area contributed by atoms with Crippen LogP contribution in [-0.4, -0.2) is 48.3 Å². The predicted octanol–water partition coefficient (Wildman–Crippen LogP) is 3.21. The van der Waals surface area contributed by atoms with Crippen LogP contribution in [0.25, 0.3) is 0 Å². The van der Waals surface area contributed by atoms with Gasteiger partial charge in [-0.15, -0.1) is 11.3 Å². The van der Waals surface area contributed by atoms with E-state index < -0.39 is 0 Å². The van der Waals surface area contributed by atoms with Crippen LogP contribution in [0.2, 0.25) is 0 Å². The van der Waals surface area contributed by atoms with Crippen LogP contribution < -0.4 is 0 Å². The highest BCUT2D eigenvalue weighted by molar-refractivity contribution is 8.13. The molecule has 0 unspecified atom stereocenters. The molecule has 0 aromatic carbocycles. The maximum Gasteiger partial charge on any atom is 0.156 e. The fraction of sp³-hybridized carbons (Fsp3) is 0.500. The number of amidine groups is 2. The van der Waals surface area contributed by atoms with Crippen molar-refractivity contribution in [3.63, 3.8) is 0 Å². The molecule has 0 bridgehead atoms. The molecule has 0 atom stereocenters. The van der Waals surface area contributed by atoms with Gasteiger partial charge in [-0.3, -0.25) is 10.8 Å². The van der Waals surface area contributed by atoms with Gasteiger partial charge < -0.3 is 9.80 Å². The summed E-state index contributed by atoms with van der Waals surface area (Å²) in [6.07, 6.45) is 0. The normalized spacial score (nSPS) is 10.3. The minimum Gasteiger partial charge on any atom is -0.358 e. The Balaban J connectivity index is 2.40. The number of nitrogens with one attached hydrogen (secondary N) is 2. The Morgan fingerprint density at radius 3 is 1.63 bits per heavy atom. The standard InChI is InChI=1S/C12H20N4S3/c1-15(2)11(13)17-7-9-5-6-10(19-9)8-18-12(14)16(3)4/h5-6,13-14H,7-8H2,1-4H3. The van der Waals surface area contributed by atoms with Crippen molar-refractivity contribution in [1.29, 1.82) is 10.8 Å². The van der Waals surface area contributed by atoms with E-state index >= 15 is 0 Å². The fourth-order valence-electron chi connectivity index (χ4n) is 1.11. The molecule has 2 N–H and O–H groups in total. The summed E-state index contributed by atoms with van der Waals surface area (Å²) in [5.74, 6) is 1.69. The van der Waals surface area contributed by atoms with Gasteiger partial charge in [-0.2, -0.15) is 0 Å². The van der Waals surface area contributed by atoms with Gasteiger partial charge in [0, 0.05) is 49.5 Å². The lowest BCUT2D eigenvalue weighted by atomic mass is 10.5. The van der Waals surface area contributed by atoms with Crippen molar-refractivity contribution in [2.75, 3.05) is 28.2 Å². The molecule has 0 amide bonds. The predicted molar refractivity (Wildman–Crippen MR) is 89.7 cm³/mol. The van der Waals surface area contributed by atoms with Gasteiger partial charge in [0.25, 0.3) is 0 Å². The molecule has 106 valence electrons. The first kappa shape index (κ1) is 16.4. The van der Waals surface area contributed by atoms with E-state index in [0.29, 0.717) is 10.3 Å². The summed E-state index contributed by atoms with van der Waals surface area (Å²) >= 11 is 4.85. The molecule has 0 radical (unpaired) electrons. The maximum absolute atomic E-state index is 7.74. The van der Waals surface area contributed by atoms with Crippen LogP contribution in [-0.2, 0) is 11.5 Å². The van der Waals surface area contributed by atoms with Gasteiger partial charge in [-0.05, 0) is 12.1 Å². The Kier molecular flexibility index (Phi) is 6.74. The van der Waals surface area contributed by atoms with E-state index in [2.05, 4.69) is 12.1 Å². The van der Waals surface area contributed by atoms with Crippen molar-refractivity contribution >= 4 is 45.2 Å². The lowest BCUT2D eigenvalue weighted by Crippen LogP contribution is -2.17. The molecule has 1 heterocycles. The minimum atomic E-state index is 0.582. The van der Waals surface area contributed by atoms with Crippen molar-refractivity contribution in [2.24, 2.45) is 0 Å². The monoisotopic (exact) mass is 316 g/mol. The molecule has 0 saturated heterocycles. The lowest BCUT2D eigenvalue weighted by molar-refractivity contribution is 0.632. The van der Waals surface area contributed by atoms with Crippen molar-refractivity contribution in [1.82, 2.24) is 9.80 Å². The van der Waals surface area contributed by atoms with E-state index in [9.17, 15) is 0 Å². The van der Waals surface area contributed by atoms with Crippen molar-refractivity contribution in [3.05, 3.63) is 21.9 Å². The second kappa shape index (κ2) is 7.81. The van der Waals surface area contributed by atoms with E-state index in [4.69, 9.17) is 10.8 Å². The smallest absolute Gasteiger partial charge is 0.156 e. The molecule has 0 fully saturated rings. The number of nitrogens with zero attached hydrogens (tertiary/aromatic N) is 2. The van der Waals surface area contributed by atoms with Crippen molar-refractivity contribution in [3.8, 4) is 0 Å². The van der Waals surface area contributed by atoms with Gasteiger partial charge in [0.15, 0.2) is 10.3 Å². The zero-order valence-electron chi connectivity index (χ0n) is 11.7. The first-order valence-corrected chi connectivity index (χ1v) is 8.54. The summed E-state index contributed by atoms with van der Waals surface area (Å²) in [5.41, 5.74) is 0. The van der Waals surface area contributed by atoms with Gasteiger partial charge in [0.1, 0.15) is 0 Å². The number of hydrogen-bond acceptors (Lipinski definition) is 5. The highest BCUT2D eigenvalue weighted by Gasteiger charge is 2.06. The van der Waals surface area contributed by atoms with Gasteiger partial charge in [-0.25, -0.2) is 0 Å². The number of thioether (sulfide) groups is 2. The Morgan fingerprint density at radius 2 is 1.32 bits per heavy atom. The third-order valence-electron chi connectivity index (χ3n) is 2.23. The molecular formula is C12H20N4S3. The van der Waals surface area contributed by atoms with Crippen LogP contribution in [0.1, 0.15) is 9.75 Å². The Hall–Kier alpha value is -0.660. The Bertz CT molecular complexity index is 401.